The molecule has 9 heteroatoms. The van der Waals surface area contributed by atoms with Crippen LogP contribution in [0.1, 0.15) is 17.7 Å². The summed E-state index contributed by atoms with van der Waals surface area (Å²) in [5.74, 6) is 0.713. The number of hydrogen-bond acceptors (Lipinski definition) is 6. The zero-order chi connectivity index (χ0) is 23.4. The molecular formula is C25H23FN8. The van der Waals surface area contributed by atoms with Gasteiger partial charge in [-0.2, -0.15) is 5.26 Å². The normalized spacial score (nSPS) is 16.7. The van der Waals surface area contributed by atoms with Crippen LogP contribution in [0.15, 0.2) is 48.9 Å². The second kappa shape index (κ2) is 7.78. The number of nitriles is 1. The van der Waals surface area contributed by atoms with E-state index in [1.807, 2.05) is 46.0 Å². The van der Waals surface area contributed by atoms with Crippen molar-refractivity contribution in [3.8, 4) is 34.4 Å². The fourth-order valence-corrected chi connectivity index (χ4v) is 4.88. The molecule has 0 N–H and O–H groups in total. The summed E-state index contributed by atoms with van der Waals surface area (Å²) in [4.78, 5) is 9.05. The van der Waals surface area contributed by atoms with Gasteiger partial charge in [0.25, 0.3) is 0 Å². The predicted octanol–water partition coefficient (Wildman–Crippen LogP) is 3.31. The Morgan fingerprint density at radius 2 is 1.97 bits per heavy atom. The SMILES string of the molecule is CN(C)[C@@H]1CCN(c2nc3c(cc2F)-n2cnnc2-c2cc(-c4ccc(C#N)cc4)cn2C3)C1. The van der Waals surface area contributed by atoms with Crippen molar-refractivity contribution in [1.29, 1.82) is 5.26 Å². The minimum atomic E-state index is -0.331. The molecule has 34 heavy (non-hydrogen) atoms. The highest BCUT2D eigenvalue weighted by atomic mass is 19.1. The summed E-state index contributed by atoms with van der Waals surface area (Å²) >= 11 is 0. The number of anilines is 1. The summed E-state index contributed by atoms with van der Waals surface area (Å²) in [6.07, 6.45) is 4.64. The van der Waals surface area contributed by atoms with E-state index in [1.54, 1.807) is 12.4 Å². The van der Waals surface area contributed by atoms with Crippen molar-refractivity contribution in [1.82, 2.24) is 29.2 Å². The Hall–Kier alpha value is -4.03. The van der Waals surface area contributed by atoms with Gasteiger partial charge in [-0.3, -0.25) is 4.57 Å². The van der Waals surface area contributed by atoms with Gasteiger partial charge < -0.3 is 14.4 Å². The third-order valence-corrected chi connectivity index (χ3v) is 6.81. The summed E-state index contributed by atoms with van der Waals surface area (Å²) in [7, 11) is 4.11. The van der Waals surface area contributed by atoms with Crippen LogP contribution in [0.25, 0.3) is 28.3 Å². The van der Waals surface area contributed by atoms with E-state index in [9.17, 15) is 0 Å². The first kappa shape index (κ1) is 20.6. The minimum absolute atomic E-state index is 0.331. The fourth-order valence-electron chi connectivity index (χ4n) is 4.88. The molecule has 0 unspecified atom stereocenters. The number of benzene rings is 1. The highest BCUT2D eigenvalue weighted by Crippen LogP contribution is 2.35. The van der Waals surface area contributed by atoms with Gasteiger partial charge in [-0.1, -0.05) is 12.1 Å². The smallest absolute Gasteiger partial charge is 0.185 e. The number of nitrogens with zero attached hydrogens (tertiary/aromatic N) is 8. The molecule has 6 rings (SSSR count). The quantitative estimate of drug-likeness (QED) is 0.416. The van der Waals surface area contributed by atoms with E-state index in [0.717, 1.165) is 42.0 Å². The zero-order valence-electron chi connectivity index (χ0n) is 19.0. The Labute approximate surface area is 196 Å². The highest BCUT2D eigenvalue weighted by molar-refractivity contribution is 5.72. The van der Waals surface area contributed by atoms with Gasteiger partial charge in [0.1, 0.15) is 6.33 Å². The van der Waals surface area contributed by atoms with Crippen molar-refractivity contribution in [2.45, 2.75) is 19.0 Å². The lowest BCUT2D eigenvalue weighted by molar-refractivity contribution is 0.315. The van der Waals surface area contributed by atoms with E-state index < -0.39 is 0 Å². The summed E-state index contributed by atoms with van der Waals surface area (Å²) in [6, 6.07) is 13.6. The summed E-state index contributed by atoms with van der Waals surface area (Å²) in [5.41, 5.74) is 4.94. The first-order valence-electron chi connectivity index (χ1n) is 11.2. The molecule has 2 aliphatic rings. The standard InChI is InChI=1S/C25H23FN8/c1-31(2)19-7-8-32(13-19)24-20(26)10-22-21(29-24)14-33-12-18(17-5-3-16(11-27)4-6-17)9-23(33)25-30-28-15-34(22)25/h3-6,9-10,12,15,19H,7-8,13-14H2,1-2H3/t19-/m1/s1. The summed E-state index contributed by atoms with van der Waals surface area (Å²) in [5, 5.41) is 17.5. The number of halogens is 1. The zero-order valence-corrected chi connectivity index (χ0v) is 19.0. The highest BCUT2D eigenvalue weighted by Gasteiger charge is 2.30. The second-order valence-electron chi connectivity index (χ2n) is 9.07. The van der Waals surface area contributed by atoms with Gasteiger partial charge in [0.2, 0.25) is 0 Å². The van der Waals surface area contributed by atoms with Crippen LogP contribution in [-0.4, -0.2) is 62.4 Å². The van der Waals surface area contributed by atoms with Crippen molar-refractivity contribution >= 4 is 5.82 Å². The Kier molecular flexibility index (Phi) is 4.71. The number of rotatable bonds is 3. The molecule has 2 aliphatic heterocycles. The molecule has 0 amide bonds. The van der Waals surface area contributed by atoms with E-state index in [-0.39, 0.29) is 5.82 Å². The molecule has 1 atom stereocenters. The maximum Gasteiger partial charge on any atom is 0.185 e. The molecule has 0 aliphatic carbocycles. The lowest BCUT2D eigenvalue weighted by Gasteiger charge is -2.22. The maximum atomic E-state index is 15.3. The van der Waals surface area contributed by atoms with Crippen LogP contribution in [0.3, 0.4) is 0 Å². The van der Waals surface area contributed by atoms with Gasteiger partial charge in [-0.25, -0.2) is 9.37 Å². The molecule has 3 aromatic heterocycles. The van der Waals surface area contributed by atoms with Crippen LogP contribution >= 0.6 is 0 Å². The van der Waals surface area contributed by atoms with Gasteiger partial charge in [0.15, 0.2) is 17.5 Å². The Bertz CT molecular complexity index is 1430. The van der Waals surface area contributed by atoms with Crippen molar-refractivity contribution in [3.63, 3.8) is 0 Å². The van der Waals surface area contributed by atoms with Crippen LogP contribution in [-0.2, 0) is 6.54 Å². The summed E-state index contributed by atoms with van der Waals surface area (Å²) < 4.78 is 19.2. The lowest BCUT2D eigenvalue weighted by Crippen LogP contribution is -2.32. The minimum Gasteiger partial charge on any atom is -0.353 e. The first-order valence-corrected chi connectivity index (χ1v) is 11.2. The monoisotopic (exact) mass is 454 g/mol. The largest absolute Gasteiger partial charge is 0.353 e. The predicted molar refractivity (Wildman–Crippen MR) is 126 cm³/mol. The maximum absolute atomic E-state index is 15.3. The Balaban J connectivity index is 1.43. The number of pyridine rings is 1. The van der Waals surface area contributed by atoms with Gasteiger partial charge in [0, 0.05) is 37.0 Å². The number of likely N-dealkylation sites (N-methyl/N-ethyl adjacent to an activating group) is 1. The molecule has 0 saturated carbocycles. The average molecular weight is 455 g/mol. The molecule has 5 heterocycles. The number of fused-ring (bicyclic) bond motifs is 5. The molecule has 4 aromatic rings. The topological polar surface area (TPSA) is 78.8 Å². The molecule has 8 nitrogen and oxygen atoms in total. The number of aromatic nitrogens is 5. The molecule has 1 fully saturated rings. The van der Waals surface area contributed by atoms with Gasteiger partial charge in [-0.05, 0) is 44.3 Å². The van der Waals surface area contributed by atoms with Gasteiger partial charge in [-0.15, -0.1) is 10.2 Å². The van der Waals surface area contributed by atoms with Crippen LogP contribution in [0.4, 0.5) is 10.2 Å². The van der Waals surface area contributed by atoms with Crippen molar-refractivity contribution in [3.05, 3.63) is 66.0 Å². The number of hydrogen-bond donors (Lipinski definition) is 0. The van der Waals surface area contributed by atoms with Crippen molar-refractivity contribution < 1.29 is 4.39 Å². The van der Waals surface area contributed by atoms with Crippen LogP contribution in [0, 0.1) is 17.1 Å². The third-order valence-electron chi connectivity index (χ3n) is 6.81. The fraction of sp³-hybridized carbons (Fsp3) is 0.280. The van der Waals surface area contributed by atoms with Crippen molar-refractivity contribution in [2.75, 3.05) is 32.1 Å². The van der Waals surface area contributed by atoms with E-state index >= 15 is 4.39 Å². The molecular weight excluding hydrogens is 431 g/mol. The molecule has 170 valence electrons. The van der Waals surface area contributed by atoms with Crippen molar-refractivity contribution in [2.24, 2.45) is 0 Å². The average Bonchev–Trinajstić information content (AvgIpc) is 3.58. The van der Waals surface area contributed by atoms with Crippen LogP contribution in [0.2, 0.25) is 0 Å². The molecule has 0 spiro atoms. The van der Waals surface area contributed by atoms with Gasteiger partial charge in [0.05, 0.1) is 35.3 Å². The van der Waals surface area contributed by atoms with Gasteiger partial charge >= 0.3 is 0 Å². The van der Waals surface area contributed by atoms with Crippen LogP contribution < -0.4 is 4.90 Å². The van der Waals surface area contributed by atoms with E-state index in [2.05, 4.69) is 39.8 Å². The van der Waals surface area contributed by atoms with E-state index in [0.29, 0.717) is 35.5 Å². The van der Waals surface area contributed by atoms with E-state index in [4.69, 9.17) is 10.2 Å². The Morgan fingerprint density at radius 3 is 2.71 bits per heavy atom. The second-order valence-corrected chi connectivity index (χ2v) is 9.07. The molecule has 0 bridgehead atoms. The molecule has 1 aromatic carbocycles. The Morgan fingerprint density at radius 1 is 1.15 bits per heavy atom. The first-order chi connectivity index (χ1) is 16.5. The van der Waals surface area contributed by atoms with Crippen LogP contribution in [0.5, 0.6) is 0 Å². The lowest BCUT2D eigenvalue weighted by atomic mass is 10.1. The third kappa shape index (κ3) is 3.26. The molecule has 0 radical (unpaired) electrons. The summed E-state index contributed by atoms with van der Waals surface area (Å²) in [6.45, 7) is 2.02. The van der Waals surface area contributed by atoms with E-state index in [1.165, 1.54) is 0 Å². The molecule has 1 saturated heterocycles.